The minimum Gasteiger partial charge on any atom is -0.302 e. The predicted molar refractivity (Wildman–Crippen MR) is 87.5 cm³/mol. The van der Waals surface area contributed by atoms with E-state index in [0.717, 1.165) is 41.7 Å². The van der Waals surface area contributed by atoms with Gasteiger partial charge in [0.25, 0.3) is 5.91 Å². The van der Waals surface area contributed by atoms with Gasteiger partial charge in [0, 0.05) is 36.2 Å². The molecule has 1 aromatic carbocycles. The minimum atomic E-state index is -0.236. The summed E-state index contributed by atoms with van der Waals surface area (Å²) in [6, 6.07) is 6.05. The van der Waals surface area contributed by atoms with Gasteiger partial charge in [0.05, 0.1) is 11.1 Å². The first kappa shape index (κ1) is 14.9. The summed E-state index contributed by atoms with van der Waals surface area (Å²) in [5.41, 5.74) is 7.11. The Morgan fingerprint density at radius 1 is 1.41 bits per heavy atom. The smallest absolute Gasteiger partial charge is 0.266 e. The second kappa shape index (κ2) is 5.66. The van der Waals surface area contributed by atoms with Gasteiger partial charge >= 0.3 is 0 Å². The molecule has 0 saturated carbocycles. The number of aromatic nitrogens is 1. The molecule has 0 spiro atoms. The van der Waals surface area contributed by atoms with Gasteiger partial charge < -0.3 is 4.90 Å². The van der Waals surface area contributed by atoms with E-state index in [2.05, 4.69) is 37.3 Å². The van der Waals surface area contributed by atoms with E-state index in [9.17, 15) is 4.79 Å². The number of carbonyl (C=O) groups is 1. The van der Waals surface area contributed by atoms with Crippen LogP contribution >= 0.6 is 0 Å². The van der Waals surface area contributed by atoms with Gasteiger partial charge in [0.1, 0.15) is 0 Å². The molecule has 0 unspecified atom stereocenters. The number of pyridine rings is 1. The van der Waals surface area contributed by atoms with Crippen LogP contribution in [-0.2, 0) is 13.0 Å². The van der Waals surface area contributed by atoms with Crippen LogP contribution in [0.4, 0.5) is 0 Å². The number of nitrogens with one attached hydrogen (secondary N) is 1. The predicted octanol–water partition coefficient (Wildman–Crippen LogP) is 1.95. The fourth-order valence-corrected chi connectivity index (χ4v) is 3.22. The molecule has 2 heterocycles. The number of carbonyl (C=O) groups excluding carboxylic acids is 1. The van der Waals surface area contributed by atoms with Crippen molar-refractivity contribution in [2.24, 2.45) is 5.84 Å². The number of nitrogens with two attached hydrogens (primary N) is 1. The van der Waals surface area contributed by atoms with Crippen LogP contribution in [0.3, 0.4) is 0 Å². The average Bonchev–Trinajstić information content (AvgIpc) is 2.51. The van der Waals surface area contributed by atoms with Crippen LogP contribution in [0.15, 0.2) is 18.2 Å². The van der Waals surface area contributed by atoms with Crippen molar-refractivity contribution in [1.29, 1.82) is 0 Å². The van der Waals surface area contributed by atoms with Crippen LogP contribution in [0.25, 0.3) is 10.9 Å². The second-order valence-electron chi connectivity index (χ2n) is 6.27. The molecule has 3 N–H and O–H groups in total. The third kappa shape index (κ3) is 2.36. The molecule has 0 bridgehead atoms. The summed E-state index contributed by atoms with van der Waals surface area (Å²) in [5.74, 6) is 5.55. The summed E-state index contributed by atoms with van der Waals surface area (Å²) < 4.78 is 0. The minimum absolute atomic E-state index is 0.236. The van der Waals surface area contributed by atoms with Gasteiger partial charge in [0.15, 0.2) is 0 Å². The van der Waals surface area contributed by atoms with Crippen molar-refractivity contribution in [2.45, 2.75) is 32.7 Å². The fourth-order valence-electron chi connectivity index (χ4n) is 3.22. The number of nitrogen functional groups attached to an aromatic ring is 1. The van der Waals surface area contributed by atoms with Gasteiger partial charge in [0.2, 0.25) is 0 Å². The zero-order chi connectivity index (χ0) is 15.9. The second-order valence-corrected chi connectivity index (χ2v) is 6.27. The topological polar surface area (TPSA) is 71.2 Å². The molecule has 1 amide bonds. The normalized spacial score (nSPS) is 15.1. The van der Waals surface area contributed by atoms with Crippen molar-refractivity contribution in [1.82, 2.24) is 15.3 Å². The summed E-state index contributed by atoms with van der Waals surface area (Å²) in [6.45, 7) is 5.98. The number of likely N-dealkylation sites (N-methyl/N-ethyl adjacent to an activating group) is 1. The highest BCUT2D eigenvalue weighted by molar-refractivity contribution is 6.08. The highest BCUT2D eigenvalue weighted by Gasteiger charge is 2.25. The number of hydrogen-bond donors (Lipinski definition) is 2. The molecule has 22 heavy (non-hydrogen) atoms. The van der Waals surface area contributed by atoms with Crippen LogP contribution in [0.1, 0.15) is 46.9 Å². The van der Waals surface area contributed by atoms with E-state index >= 15 is 0 Å². The van der Waals surface area contributed by atoms with E-state index < -0.39 is 0 Å². The Balaban J connectivity index is 2.37. The summed E-state index contributed by atoms with van der Waals surface area (Å²) in [5, 5.41) is 0.892. The first-order valence-corrected chi connectivity index (χ1v) is 7.66. The zero-order valence-electron chi connectivity index (χ0n) is 13.3. The fraction of sp³-hybridized carbons (Fsp3) is 0.412. The van der Waals surface area contributed by atoms with E-state index in [1.807, 2.05) is 12.1 Å². The highest BCUT2D eigenvalue weighted by Crippen LogP contribution is 2.31. The lowest BCUT2D eigenvalue weighted by atomic mass is 9.92. The van der Waals surface area contributed by atoms with Crippen LogP contribution in [0.5, 0.6) is 0 Å². The van der Waals surface area contributed by atoms with Crippen molar-refractivity contribution in [2.75, 3.05) is 13.6 Å². The van der Waals surface area contributed by atoms with Crippen molar-refractivity contribution >= 4 is 16.8 Å². The van der Waals surface area contributed by atoms with Gasteiger partial charge in [-0.2, -0.15) is 0 Å². The number of amides is 1. The number of hydrogen-bond acceptors (Lipinski definition) is 4. The van der Waals surface area contributed by atoms with Gasteiger partial charge in [-0.1, -0.05) is 32.0 Å². The largest absolute Gasteiger partial charge is 0.302 e. The molecule has 0 atom stereocenters. The lowest BCUT2D eigenvalue weighted by Gasteiger charge is -2.27. The molecule has 1 aliphatic rings. The Kier molecular flexibility index (Phi) is 3.85. The lowest BCUT2D eigenvalue weighted by Crippen LogP contribution is -2.34. The van der Waals surface area contributed by atoms with E-state index in [0.29, 0.717) is 11.5 Å². The van der Waals surface area contributed by atoms with Gasteiger partial charge in [-0.05, 0) is 18.5 Å². The highest BCUT2D eigenvalue weighted by atomic mass is 16.2. The maximum atomic E-state index is 12.4. The average molecular weight is 298 g/mol. The Hall–Kier alpha value is -1.98. The van der Waals surface area contributed by atoms with Crippen LogP contribution in [0, 0.1) is 0 Å². The molecule has 0 radical (unpaired) electrons. The third-order valence-corrected chi connectivity index (χ3v) is 4.37. The molecule has 3 rings (SSSR count). The van der Waals surface area contributed by atoms with E-state index in [1.165, 1.54) is 5.56 Å². The van der Waals surface area contributed by atoms with Crippen LogP contribution in [0.2, 0.25) is 0 Å². The van der Waals surface area contributed by atoms with E-state index in [4.69, 9.17) is 10.8 Å². The molecule has 0 aliphatic carbocycles. The summed E-state index contributed by atoms with van der Waals surface area (Å²) in [4.78, 5) is 19.5. The maximum absolute atomic E-state index is 12.4. The Bertz CT molecular complexity index is 739. The van der Waals surface area contributed by atoms with Crippen LogP contribution < -0.4 is 11.3 Å². The quantitative estimate of drug-likeness (QED) is 0.505. The molecule has 0 saturated heterocycles. The van der Waals surface area contributed by atoms with E-state index in [-0.39, 0.29) is 5.91 Å². The molecule has 2 aromatic rings. The number of fused-ring (bicyclic) bond motifs is 2. The van der Waals surface area contributed by atoms with Crippen LogP contribution in [-0.4, -0.2) is 29.4 Å². The van der Waals surface area contributed by atoms with Gasteiger partial charge in [-0.25, -0.2) is 5.84 Å². The summed E-state index contributed by atoms with van der Waals surface area (Å²) >= 11 is 0. The third-order valence-electron chi connectivity index (χ3n) is 4.37. The first-order valence-electron chi connectivity index (χ1n) is 7.66. The molecule has 5 nitrogen and oxygen atoms in total. The van der Waals surface area contributed by atoms with Gasteiger partial charge in [-0.15, -0.1) is 0 Å². The number of rotatable bonds is 2. The molecule has 1 aromatic heterocycles. The Morgan fingerprint density at radius 3 is 2.86 bits per heavy atom. The monoisotopic (exact) mass is 298 g/mol. The maximum Gasteiger partial charge on any atom is 0.266 e. The van der Waals surface area contributed by atoms with Crippen molar-refractivity contribution in [3.63, 3.8) is 0 Å². The number of para-hydroxylation sites is 1. The molecule has 1 aliphatic heterocycles. The first-order chi connectivity index (χ1) is 10.5. The number of nitrogens with zero attached hydrogens (tertiary/aromatic N) is 2. The van der Waals surface area contributed by atoms with Crippen molar-refractivity contribution in [3.05, 3.63) is 40.6 Å². The SMILES string of the molecule is CC(C)c1cccc2c(C(=O)NN)c3c(nc12)CCN(C)C3. The number of hydrazine groups is 1. The molecule has 116 valence electrons. The summed E-state index contributed by atoms with van der Waals surface area (Å²) in [6.07, 6.45) is 0.860. The Morgan fingerprint density at radius 2 is 2.18 bits per heavy atom. The molecule has 0 fully saturated rings. The Labute approximate surface area is 130 Å². The molecular weight excluding hydrogens is 276 g/mol. The molecular formula is C17H22N4O. The number of benzene rings is 1. The summed E-state index contributed by atoms with van der Waals surface area (Å²) in [7, 11) is 2.06. The molecule has 5 heteroatoms. The zero-order valence-corrected chi connectivity index (χ0v) is 13.3. The van der Waals surface area contributed by atoms with Gasteiger partial charge in [-0.3, -0.25) is 15.2 Å². The van der Waals surface area contributed by atoms with Crippen molar-refractivity contribution in [3.8, 4) is 0 Å². The van der Waals surface area contributed by atoms with Crippen molar-refractivity contribution < 1.29 is 4.79 Å². The lowest BCUT2D eigenvalue weighted by molar-refractivity contribution is 0.0953. The standard InChI is InChI=1S/C17H22N4O/c1-10(2)11-5-4-6-12-15(17(22)20-18)13-9-21(3)8-7-14(13)19-16(11)12/h4-6,10H,7-9,18H2,1-3H3,(H,20,22). The van der Waals surface area contributed by atoms with E-state index in [1.54, 1.807) is 0 Å².